The molecule has 0 spiro atoms. The van der Waals surface area contributed by atoms with Crippen LogP contribution in [0.5, 0.6) is 0 Å². The second-order valence-corrected chi connectivity index (χ2v) is 8.12. The molecule has 3 atom stereocenters. The van der Waals surface area contributed by atoms with Crippen LogP contribution in [0, 0.1) is 11.8 Å². The molecule has 2 nitrogen and oxygen atoms in total. The van der Waals surface area contributed by atoms with E-state index in [-0.39, 0.29) is 5.92 Å². The first-order valence-corrected chi connectivity index (χ1v) is 9.38. The normalized spacial score (nSPS) is 31.3. The second kappa shape index (κ2) is 5.77. The molecule has 4 rings (SSSR count). The second-order valence-electron chi connectivity index (χ2n) is 7.01. The summed E-state index contributed by atoms with van der Waals surface area (Å²) in [5.74, 6) is 1.37. The number of ketones is 1. The molecule has 0 radical (unpaired) electrons. The van der Waals surface area contributed by atoms with E-state index in [0.717, 1.165) is 31.6 Å². The number of thioether (sulfide) groups is 1. The molecular weight excluding hydrogens is 290 g/mol. The summed E-state index contributed by atoms with van der Waals surface area (Å²) in [6.45, 7) is 4.16. The lowest BCUT2D eigenvalue weighted by Crippen LogP contribution is -2.41. The lowest BCUT2D eigenvalue weighted by molar-refractivity contribution is -0.122. The fourth-order valence-electron chi connectivity index (χ4n) is 4.12. The van der Waals surface area contributed by atoms with Gasteiger partial charge in [0, 0.05) is 24.3 Å². The van der Waals surface area contributed by atoms with Crippen molar-refractivity contribution >= 4 is 17.5 Å². The van der Waals surface area contributed by atoms with Crippen LogP contribution in [0.15, 0.2) is 35.4 Å². The molecule has 0 bridgehead atoms. The Bertz CT molecular complexity index is 624. The Morgan fingerprint density at radius 2 is 2.00 bits per heavy atom. The van der Waals surface area contributed by atoms with Gasteiger partial charge in [0.05, 0.1) is 5.70 Å². The van der Waals surface area contributed by atoms with Crippen LogP contribution in [-0.4, -0.2) is 22.5 Å². The van der Waals surface area contributed by atoms with Gasteiger partial charge in [-0.2, -0.15) is 0 Å². The Balaban J connectivity index is 1.56. The van der Waals surface area contributed by atoms with Crippen LogP contribution in [0.2, 0.25) is 0 Å². The standard InChI is InChI=1S/C19H23NOS/c1-13-6-7-18-16(10-13)19(21)17(12-22-18)20-9-8-14-4-2-3-5-15(14)11-20/h2-5,12-13,16,18H,6-11H2,1H3. The molecule has 3 aliphatic rings. The number of rotatable bonds is 1. The van der Waals surface area contributed by atoms with Crippen molar-refractivity contribution in [3.05, 3.63) is 46.5 Å². The third-order valence-corrected chi connectivity index (χ3v) is 6.74. The van der Waals surface area contributed by atoms with Gasteiger partial charge in [-0.05, 0) is 48.1 Å². The van der Waals surface area contributed by atoms with Gasteiger partial charge >= 0.3 is 0 Å². The van der Waals surface area contributed by atoms with Gasteiger partial charge in [-0.3, -0.25) is 4.79 Å². The SMILES string of the molecule is CC1CCC2SC=C(N3CCc4ccccc4C3)C(=O)C2C1. The fraction of sp³-hybridized carbons (Fsp3) is 0.526. The van der Waals surface area contributed by atoms with Crippen molar-refractivity contribution in [1.29, 1.82) is 0 Å². The highest BCUT2D eigenvalue weighted by molar-refractivity contribution is 8.02. The summed E-state index contributed by atoms with van der Waals surface area (Å²) in [7, 11) is 0. The van der Waals surface area contributed by atoms with E-state index in [1.807, 2.05) is 11.8 Å². The first kappa shape index (κ1) is 14.4. The average Bonchev–Trinajstić information content (AvgIpc) is 2.55. The molecule has 116 valence electrons. The lowest BCUT2D eigenvalue weighted by Gasteiger charge is -2.40. The topological polar surface area (TPSA) is 20.3 Å². The van der Waals surface area contributed by atoms with Crippen LogP contribution in [0.3, 0.4) is 0 Å². The number of benzene rings is 1. The minimum Gasteiger partial charge on any atom is -0.364 e. The highest BCUT2D eigenvalue weighted by atomic mass is 32.2. The van der Waals surface area contributed by atoms with Gasteiger partial charge in [0.1, 0.15) is 0 Å². The summed E-state index contributed by atoms with van der Waals surface area (Å²) in [6, 6.07) is 8.64. The monoisotopic (exact) mass is 313 g/mol. The van der Waals surface area contributed by atoms with Gasteiger partial charge < -0.3 is 4.90 Å². The van der Waals surface area contributed by atoms with E-state index >= 15 is 0 Å². The van der Waals surface area contributed by atoms with Gasteiger partial charge in [0.15, 0.2) is 5.78 Å². The predicted molar refractivity (Wildman–Crippen MR) is 91.5 cm³/mol. The summed E-state index contributed by atoms with van der Waals surface area (Å²) in [6.07, 6.45) is 4.62. The van der Waals surface area contributed by atoms with Crippen molar-refractivity contribution in [2.24, 2.45) is 11.8 Å². The van der Waals surface area contributed by atoms with E-state index in [1.165, 1.54) is 24.0 Å². The molecule has 3 unspecified atom stereocenters. The van der Waals surface area contributed by atoms with Crippen LogP contribution in [0.1, 0.15) is 37.3 Å². The zero-order valence-electron chi connectivity index (χ0n) is 13.1. The molecule has 0 amide bonds. The number of hydrogen-bond donors (Lipinski definition) is 0. The summed E-state index contributed by atoms with van der Waals surface area (Å²) in [5.41, 5.74) is 3.81. The van der Waals surface area contributed by atoms with Gasteiger partial charge in [-0.15, -0.1) is 11.8 Å². The number of nitrogens with zero attached hydrogens (tertiary/aromatic N) is 1. The van der Waals surface area contributed by atoms with Crippen LogP contribution in [0.25, 0.3) is 0 Å². The molecule has 22 heavy (non-hydrogen) atoms. The van der Waals surface area contributed by atoms with Crippen molar-refractivity contribution in [1.82, 2.24) is 4.90 Å². The fourth-order valence-corrected chi connectivity index (χ4v) is 5.39. The quantitative estimate of drug-likeness (QED) is 0.781. The van der Waals surface area contributed by atoms with Gasteiger partial charge in [-0.1, -0.05) is 31.2 Å². The van der Waals surface area contributed by atoms with Crippen molar-refractivity contribution < 1.29 is 4.79 Å². The molecule has 0 aromatic heterocycles. The molecule has 3 heteroatoms. The maximum Gasteiger partial charge on any atom is 0.183 e. The first-order chi connectivity index (χ1) is 10.7. The Morgan fingerprint density at radius 1 is 1.18 bits per heavy atom. The Labute approximate surface area is 137 Å². The van der Waals surface area contributed by atoms with E-state index in [0.29, 0.717) is 17.0 Å². The summed E-state index contributed by atoms with van der Waals surface area (Å²) >= 11 is 1.91. The largest absolute Gasteiger partial charge is 0.364 e. The van der Waals surface area contributed by atoms with Crippen LogP contribution >= 0.6 is 11.8 Å². The van der Waals surface area contributed by atoms with Gasteiger partial charge in [-0.25, -0.2) is 0 Å². The Hall–Kier alpha value is -1.22. The zero-order valence-corrected chi connectivity index (χ0v) is 13.9. The summed E-state index contributed by atoms with van der Waals surface area (Å²) in [5, 5.41) is 2.69. The summed E-state index contributed by atoms with van der Waals surface area (Å²) < 4.78 is 0. The van der Waals surface area contributed by atoms with Crippen molar-refractivity contribution in [2.45, 2.75) is 44.4 Å². The number of hydrogen-bond acceptors (Lipinski definition) is 3. The Morgan fingerprint density at radius 3 is 2.86 bits per heavy atom. The zero-order chi connectivity index (χ0) is 15.1. The molecule has 0 saturated heterocycles. The molecule has 2 heterocycles. The van der Waals surface area contributed by atoms with Crippen molar-refractivity contribution in [3.63, 3.8) is 0 Å². The number of allylic oxidation sites excluding steroid dienone is 1. The van der Waals surface area contributed by atoms with E-state index < -0.39 is 0 Å². The van der Waals surface area contributed by atoms with E-state index in [9.17, 15) is 4.79 Å². The van der Waals surface area contributed by atoms with Crippen molar-refractivity contribution in [2.75, 3.05) is 6.54 Å². The third kappa shape index (κ3) is 2.50. The van der Waals surface area contributed by atoms with Gasteiger partial charge in [0.25, 0.3) is 0 Å². The minimum atomic E-state index is 0.255. The predicted octanol–water partition coefficient (Wildman–Crippen LogP) is 4.01. The third-order valence-electron chi connectivity index (χ3n) is 5.46. The van der Waals surface area contributed by atoms with E-state index in [1.54, 1.807) is 0 Å². The maximum atomic E-state index is 13.0. The van der Waals surface area contributed by atoms with Crippen molar-refractivity contribution in [3.8, 4) is 0 Å². The molecule has 1 aromatic rings. The number of fused-ring (bicyclic) bond motifs is 2. The van der Waals surface area contributed by atoms with Crippen LogP contribution < -0.4 is 0 Å². The Kier molecular flexibility index (Phi) is 3.77. The highest BCUT2D eigenvalue weighted by Crippen LogP contribution is 2.43. The number of carbonyl (C=O) groups is 1. The molecule has 1 saturated carbocycles. The molecule has 0 N–H and O–H groups in total. The van der Waals surface area contributed by atoms with Crippen LogP contribution in [0.4, 0.5) is 0 Å². The molecular formula is C19H23NOS. The smallest absolute Gasteiger partial charge is 0.183 e. The van der Waals surface area contributed by atoms with Gasteiger partial charge in [0.2, 0.25) is 0 Å². The minimum absolute atomic E-state index is 0.255. The first-order valence-electron chi connectivity index (χ1n) is 8.44. The maximum absolute atomic E-state index is 13.0. The van der Waals surface area contributed by atoms with E-state index in [2.05, 4.69) is 41.5 Å². The average molecular weight is 313 g/mol. The lowest BCUT2D eigenvalue weighted by atomic mass is 9.78. The molecule has 1 aromatic carbocycles. The number of carbonyl (C=O) groups excluding carboxylic acids is 1. The van der Waals surface area contributed by atoms with E-state index in [4.69, 9.17) is 0 Å². The number of Topliss-reactive ketones (excluding diaryl/α,β-unsaturated/α-hetero) is 1. The molecule has 2 aliphatic heterocycles. The van der Waals surface area contributed by atoms with Crippen LogP contribution in [-0.2, 0) is 17.8 Å². The summed E-state index contributed by atoms with van der Waals surface area (Å²) in [4.78, 5) is 15.3. The molecule has 1 fully saturated rings. The molecule has 1 aliphatic carbocycles. The highest BCUT2D eigenvalue weighted by Gasteiger charge is 2.39.